The summed E-state index contributed by atoms with van der Waals surface area (Å²) in [5.41, 5.74) is -1.04. The number of hydrogen-bond acceptors (Lipinski definition) is 7. The summed E-state index contributed by atoms with van der Waals surface area (Å²) in [7, 11) is 0. The summed E-state index contributed by atoms with van der Waals surface area (Å²) in [6, 6.07) is 8.87. The number of carbonyl (C=O) groups excluding carboxylic acids is 2. The molecule has 4 rings (SSSR count). The molecule has 1 fully saturated rings. The van der Waals surface area contributed by atoms with Crippen LogP contribution in [0.1, 0.15) is 69.3 Å². The maximum atomic E-state index is 13.4. The maximum Gasteiger partial charge on any atom is 0.271 e. The van der Waals surface area contributed by atoms with Gasteiger partial charge in [-0.1, -0.05) is 37.8 Å². The fraction of sp³-hybridized carbons (Fsp3) is 0.444. The molecule has 1 saturated carbocycles. The monoisotopic (exact) mass is 507 g/mol. The molecule has 10 nitrogen and oxygen atoms in total. The highest BCUT2D eigenvalue weighted by molar-refractivity contribution is 5.96. The first-order chi connectivity index (χ1) is 17.6. The molecule has 1 amide bonds. The molecule has 0 saturated heterocycles. The minimum Gasteiger partial charge on any atom is -0.455 e. The van der Waals surface area contributed by atoms with Crippen LogP contribution in [0.4, 0.5) is 5.82 Å². The molecule has 2 heterocycles. The number of anilines is 1. The summed E-state index contributed by atoms with van der Waals surface area (Å²) in [6.45, 7) is 5.06. The lowest BCUT2D eigenvalue weighted by molar-refractivity contribution is -0.120. The quantitative estimate of drug-likeness (QED) is 0.397. The first-order valence-electron chi connectivity index (χ1n) is 12.5. The van der Waals surface area contributed by atoms with Crippen LogP contribution >= 0.6 is 0 Å². The van der Waals surface area contributed by atoms with Crippen molar-refractivity contribution in [3.05, 3.63) is 64.7 Å². The minimum atomic E-state index is -0.954. The van der Waals surface area contributed by atoms with Crippen molar-refractivity contribution in [3.63, 3.8) is 0 Å². The predicted octanol–water partition coefficient (Wildman–Crippen LogP) is 3.97. The topological polar surface area (TPSA) is 128 Å². The number of ketones is 1. The van der Waals surface area contributed by atoms with Crippen molar-refractivity contribution in [1.29, 1.82) is 0 Å². The van der Waals surface area contributed by atoms with Crippen molar-refractivity contribution in [2.45, 2.75) is 71.1 Å². The highest BCUT2D eigenvalue weighted by Crippen LogP contribution is 2.32. The summed E-state index contributed by atoms with van der Waals surface area (Å²) in [5.74, 6) is 0.618. The SMILES string of the molecule is CC(=O)c1ccccc1Oc1cnn(C(CC2CCCC2)C(=O)Nc2ccn(CC(C)(C)O)n2)c(=O)c1. The third-order valence-electron chi connectivity index (χ3n) is 6.37. The van der Waals surface area contributed by atoms with E-state index in [2.05, 4.69) is 15.5 Å². The van der Waals surface area contributed by atoms with Crippen LogP contribution in [0.15, 0.2) is 53.6 Å². The van der Waals surface area contributed by atoms with Gasteiger partial charge in [0.15, 0.2) is 17.4 Å². The molecule has 37 heavy (non-hydrogen) atoms. The predicted molar refractivity (Wildman–Crippen MR) is 138 cm³/mol. The van der Waals surface area contributed by atoms with Crippen LogP contribution in [-0.2, 0) is 11.3 Å². The molecule has 2 aromatic heterocycles. The van der Waals surface area contributed by atoms with Gasteiger partial charge in [0.1, 0.15) is 11.8 Å². The average Bonchev–Trinajstić information content (AvgIpc) is 3.49. The minimum absolute atomic E-state index is 0.157. The molecular formula is C27H33N5O5. The van der Waals surface area contributed by atoms with Gasteiger partial charge >= 0.3 is 0 Å². The molecule has 1 aromatic carbocycles. The molecule has 1 atom stereocenters. The maximum absolute atomic E-state index is 13.4. The van der Waals surface area contributed by atoms with Crippen LogP contribution in [0, 0.1) is 5.92 Å². The van der Waals surface area contributed by atoms with Gasteiger partial charge in [-0.25, -0.2) is 4.68 Å². The number of amides is 1. The normalized spacial score (nSPS) is 14.9. The number of nitrogens with one attached hydrogen (secondary N) is 1. The molecule has 0 bridgehead atoms. The van der Waals surface area contributed by atoms with Crippen molar-refractivity contribution < 1.29 is 19.4 Å². The Kier molecular flexibility index (Phi) is 7.87. The molecular weight excluding hydrogens is 474 g/mol. The Morgan fingerprint density at radius 2 is 1.95 bits per heavy atom. The van der Waals surface area contributed by atoms with Crippen molar-refractivity contribution in [1.82, 2.24) is 19.6 Å². The number of carbonyl (C=O) groups is 2. The molecule has 10 heteroatoms. The third-order valence-corrected chi connectivity index (χ3v) is 6.37. The van der Waals surface area contributed by atoms with Gasteiger partial charge < -0.3 is 15.2 Å². The Balaban J connectivity index is 1.56. The van der Waals surface area contributed by atoms with Crippen LogP contribution in [0.2, 0.25) is 0 Å². The van der Waals surface area contributed by atoms with Crippen LogP contribution in [0.25, 0.3) is 0 Å². The zero-order valence-corrected chi connectivity index (χ0v) is 21.4. The van der Waals surface area contributed by atoms with E-state index in [1.807, 2.05) is 0 Å². The second-order valence-electron chi connectivity index (χ2n) is 10.2. The van der Waals surface area contributed by atoms with E-state index in [9.17, 15) is 19.5 Å². The molecule has 1 aliphatic carbocycles. The first kappa shape index (κ1) is 26.3. The largest absolute Gasteiger partial charge is 0.455 e. The molecule has 0 radical (unpaired) electrons. The number of hydrogen-bond donors (Lipinski definition) is 2. The fourth-order valence-electron chi connectivity index (χ4n) is 4.67. The number of benzene rings is 1. The molecule has 3 aromatic rings. The molecule has 0 aliphatic heterocycles. The molecule has 2 N–H and O–H groups in total. The highest BCUT2D eigenvalue weighted by Gasteiger charge is 2.29. The number of rotatable bonds is 10. The first-order valence-corrected chi connectivity index (χ1v) is 12.5. The summed E-state index contributed by atoms with van der Waals surface area (Å²) in [5, 5.41) is 21.4. The summed E-state index contributed by atoms with van der Waals surface area (Å²) in [6.07, 6.45) is 7.75. The molecule has 1 unspecified atom stereocenters. The van der Waals surface area contributed by atoms with Crippen LogP contribution in [-0.4, -0.2) is 42.0 Å². The fourth-order valence-corrected chi connectivity index (χ4v) is 4.67. The Labute approximate surface area is 215 Å². The van der Waals surface area contributed by atoms with E-state index < -0.39 is 17.2 Å². The number of aromatic nitrogens is 4. The Morgan fingerprint density at radius 3 is 2.62 bits per heavy atom. The van der Waals surface area contributed by atoms with Gasteiger partial charge in [0.2, 0.25) is 0 Å². The van der Waals surface area contributed by atoms with Gasteiger partial charge in [-0.05, 0) is 45.2 Å². The van der Waals surface area contributed by atoms with Gasteiger partial charge in [0, 0.05) is 18.3 Å². The van der Waals surface area contributed by atoms with E-state index >= 15 is 0 Å². The Bertz CT molecular complexity index is 1320. The van der Waals surface area contributed by atoms with Crippen molar-refractivity contribution >= 4 is 17.5 Å². The second-order valence-corrected chi connectivity index (χ2v) is 10.2. The van der Waals surface area contributed by atoms with Gasteiger partial charge in [-0.3, -0.25) is 19.1 Å². The van der Waals surface area contributed by atoms with E-state index in [4.69, 9.17) is 4.74 Å². The van der Waals surface area contributed by atoms with Gasteiger partial charge in [-0.2, -0.15) is 10.2 Å². The number of para-hydroxylation sites is 1. The number of Topliss-reactive ketones (excluding diaryl/α,β-unsaturated/α-hetero) is 1. The van der Waals surface area contributed by atoms with Crippen LogP contribution in [0.3, 0.4) is 0 Å². The van der Waals surface area contributed by atoms with E-state index in [1.165, 1.54) is 23.9 Å². The zero-order valence-electron chi connectivity index (χ0n) is 21.4. The van der Waals surface area contributed by atoms with Gasteiger partial charge in [-0.15, -0.1) is 0 Å². The van der Waals surface area contributed by atoms with Crippen molar-refractivity contribution in [2.24, 2.45) is 5.92 Å². The van der Waals surface area contributed by atoms with Crippen molar-refractivity contribution in [2.75, 3.05) is 5.32 Å². The van der Waals surface area contributed by atoms with E-state index in [0.717, 1.165) is 25.7 Å². The molecule has 0 spiro atoms. The zero-order chi connectivity index (χ0) is 26.6. The summed E-state index contributed by atoms with van der Waals surface area (Å²) in [4.78, 5) is 38.4. The smallest absolute Gasteiger partial charge is 0.271 e. The number of aliphatic hydroxyl groups is 1. The Morgan fingerprint density at radius 1 is 1.22 bits per heavy atom. The second kappa shape index (κ2) is 11.1. The Hall–Kier alpha value is -3.79. The lowest BCUT2D eigenvalue weighted by Gasteiger charge is -2.21. The number of ether oxygens (including phenoxy) is 1. The lowest BCUT2D eigenvalue weighted by Crippen LogP contribution is -2.36. The van der Waals surface area contributed by atoms with Gasteiger partial charge in [0.05, 0.1) is 23.9 Å². The average molecular weight is 508 g/mol. The van der Waals surface area contributed by atoms with Crippen molar-refractivity contribution in [3.8, 4) is 11.5 Å². The summed E-state index contributed by atoms with van der Waals surface area (Å²) >= 11 is 0. The van der Waals surface area contributed by atoms with E-state index in [-0.39, 0.29) is 24.0 Å². The van der Waals surface area contributed by atoms with Gasteiger partial charge in [0.25, 0.3) is 11.5 Å². The van der Waals surface area contributed by atoms with Crippen LogP contribution in [0.5, 0.6) is 11.5 Å². The molecule has 196 valence electrons. The van der Waals surface area contributed by atoms with E-state index in [0.29, 0.717) is 29.5 Å². The number of nitrogens with zero attached hydrogens (tertiary/aromatic N) is 4. The van der Waals surface area contributed by atoms with E-state index in [1.54, 1.807) is 55.1 Å². The standard InChI is InChI=1S/C27H33N5O5/c1-18(33)21-10-6-7-11-23(21)37-20-15-25(34)32(28-16-20)22(14-19-8-4-5-9-19)26(35)29-24-12-13-31(30-24)17-27(2,3)36/h6-7,10-13,15-16,19,22,36H,4-5,8-9,14,17H2,1-3H3,(H,29,30,35). The lowest BCUT2D eigenvalue weighted by atomic mass is 9.98. The summed E-state index contributed by atoms with van der Waals surface area (Å²) < 4.78 is 8.53. The molecule has 1 aliphatic rings. The third kappa shape index (κ3) is 6.91. The highest BCUT2D eigenvalue weighted by atomic mass is 16.5. The van der Waals surface area contributed by atoms with Crippen LogP contribution < -0.4 is 15.6 Å².